The zero-order chi connectivity index (χ0) is 9.56. The molecular formula is C8H12O4. The Morgan fingerprint density at radius 1 is 1.50 bits per heavy atom. The van der Waals surface area contributed by atoms with Crippen molar-refractivity contribution >= 4 is 18.2 Å². The number of hydrogen-bond acceptors (Lipinski definition) is 4. The van der Waals surface area contributed by atoms with E-state index in [0.717, 1.165) is 6.29 Å². The maximum atomic E-state index is 10.8. The minimum atomic E-state index is -0.613. The minimum absolute atomic E-state index is 0.0608. The van der Waals surface area contributed by atoms with Crippen LogP contribution in [0.1, 0.15) is 26.7 Å². The molecule has 0 N–H and O–H groups in total. The standard InChI is InChI=1S/C8H12O4/c1-6(3-4-9)5-8(11)12-7(2)10/h4,6H,3,5H2,1-2H3. The van der Waals surface area contributed by atoms with Crippen LogP contribution in [0.4, 0.5) is 0 Å². The van der Waals surface area contributed by atoms with Crippen molar-refractivity contribution in [3.05, 3.63) is 0 Å². The van der Waals surface area contributed by atoms with Gasteiger partial charge in [-0.2, -0.15) is 0 Å². The van der Waals surface area contributed by atoms with Crippen LogP contribution in [0.15, 0.2) is 0 Å². The lowest BCUT2D eigenvalue weighted by molar-refractivity contribution is -0.158. The molecule has 0 radical (unpaired) electrons. The lowest BCUT2D eigenvalue weighted by Crippen LogP contribution is -2.12. The van der Waals surface area contributed by atoms with Crippen molar-refractivity contribution in [2.75, 3.05) is 0 Å². The first-order valence-electron chi connectivity index (χ1n) is 3.71. The van der Waals surface area contributed by atoms with Gasteiger partial charge in [-0.15, -0.1) is 0 Å². The topological polar surface area (TPSA) is 60.4 Å². The number of carbonyl (C=O) groups excluding carboxylic acids is 3. The normalized spacial score (nSPS) is 11.8. The van der Waals surface area contributed by atoms with Crippen molar-refractivity contribution in [1.29, 1.82) is 0 Å². The van der Waals surface area contributed by atoms with Crippen molar-refractivity contribution < 1.29 is 19.1 Å². The van der Waals surface area contributed by atoms with Crippen LogP contribution >= 0.6 is 0 Å². The van der Waals surface area contributed by atoms with Crippen LogP contribution in [-0.4, -0.2) is 18.2 Å². The Morgan fingerprint density at radius 2 is 2.08 bits per heavy atom. The Balaban J connectivity index is 3.68. The average molecular weight is 172 g/mol. The summed E-state index contributed by atoms with van der Waals surface area (Å²) in [5, 5.41) is 0. The monoisotopic (exact) mass is 172 g/mol. The fourth-order valence-corrected chi connectivity index (χ4v) is 0.734. The fourth-order valence-electron chi connectivity index (χ4n) is 0.734. The zero-order valence-corrected chi connectivity index (χ0v) is 7.20. The Labute approximate surface area is 70.9 Å². The zero-order valence-electron chi connectivity index (χ0n) is 7.20. The van der Waals surface area contributed by atoms with Gasteiger partial charge in [0.2, 0.25) is 0 Å². The second kappa shape index (κ2) is 5.46. The Kier molecular flexibility index (Phi) is 4.92. The van der Waals surface area contributed by atoms with Gasteiger partial charge in [0.05, 0.1) is 0 Å². The van der Waals surface area contributed by atoms with Crippen molar-refractivity contribution in [3.63, 3.8) is 0 Å². The van der Waals surface area contributed by atoms with E-state index in [0.29, 0.717) is 6.42 Å². The van der Waals surface area contributed by atoms with E-state index in [1.54, 1.807) is 6.92 Å². The Hall–Kier alpha value is -1.19. The summed E-state index contributed by atoms with van der Waals surface area (Å²) in [6.07, 6.45) is 1.16. The molecule has 0 bridgehead atoms. The summed E-state index contributed by atoms with van der Waals surface area (Å²) in [4.78, 5) is 31.1. The number of carbonyl (C=O) groups is 3. The Bertz CT molecular complexity index is 185. The molecule has 1 unspecified atom stereocenters. The molecule has 0 aliphatic carbocycles. The summed E-state index contributed by atoms with van der Waals surface area (Å²) in [5.41, 5.74) is 0. The third-order valence-corrected chi connectivity index (χ3v) is 1.27. The van der Waals surface area contributed by atoms with Gasteiger partial charge in [-0.25, -0.2) is 0 Å². The van der Waals surface area contributed by atoms with Gasteiger partial charge in [0, 0.05) is 19.8 Å². The van der Waals surface area contributed by atoms with Crippen LogP contribution in [0, 0.1) is 5.92 Å². The van der Waals surface area contributed by atoms with Crippen molar-refractivity contribution in [2.24, 2.45) is 5.92 Å². The highest BCUT2D eigenvalue weighted by molar-refractivity contribution is 5.84. The molecule has 0 amide bonds. The van der Waals surface area contributed by atoms with Crippen LogP contribution in [0.25, 0.3) is 0 Å². The molecule has 1 atom stereocenters. The van der Waals surface area contributed by atoms with Crippen molar-refractivity contribution in [2.45, 2.75) is 26.7 Å². The van der Waals surface area contributed by atoms with Crippen molar-refractivity contribution in [3.8, 4) is 0 Å². The third kappa shape index (κ3) is 5.58. The molecular weight excluding hydrogens is 160 g/mol. The van der Waals surface area contributed by atoms with Crippen LogP contribution < -0.4 is 0 Å². The molecule has 0 saturated carbocycles. The lowest BCUT2D eigenvalue weighted by Gasteiger charge is -2.04. The SMILES string of the molecule is CC(=O)OC(=O)CC(C)CC=O. The van der Waals surface area contributed by atoms with Crippen LogP contribution in [0.2, 0.25) is 0 Å². The molecule has 0 rings (SSSR count). The maximum Gasteiger partial charge on any atom is 0.313 e. The first kappa shape index (κ1) is 10.8. The molecule has 0 spiro atoms. The van der Waals surface area contributed by atoms with Gasteiger partial charge in [0.15, 0.2) is 0 Å². The molecule has 0 aromatic rings. The molecule has 0 aromatic heterocycles. The quantitative estimate of drug-likeness (QED) is 0.355. The van der Waals surface area contributed by atoms with E-state index in [2.05, 4.69) is 4.74 Å². The number of rotatable bonds is 4. The molecule has 0 saturated heterocycles. The summed E-state index contributed by atoms with van der Waals surface area (Å²) < 4.78 is 4.27. The first-order valence-corrected chi connectivity index (χ1v) is 3.71. The predicted molar refractivity (Wildman–Crippen MR) is 41.2 cm³/mol. The largest absolute Gasteiger partial charge is 0.393 e. The van der Waals surface area contributed by atoms with Crippen LogP contribution in [-0.2, 0) is 19.1 Å². The van der Waals surface area contributed by atoms with E-state index in [1.165, 1.54) is 6.92 Å². The van der Waals surface area contributed by atoms with Gasteiger partial charge in [0.25, 0.3) is 0 Å². The van der Waals surface area contributed by atoms with Crippen LogP contribution in [0.3, 0.4) is 0 Å². The molecule has 12 heavy (non-hydrogen) atoms. The predicted octanol–water partition coefficient (Wildman–Crippen LogP) is 0.691. The summed E-state index contributed by atoms with van der Waals surface area (Å²) in [7, 11) is 0. The highest BCUT2D eigenvalue weighted by Crippen LogP contribution is 2.06. The maximum absolute atomic E-state index is 10.8. The van der Waals surface area contributed by atoms with E-state index in [-0.39, 0.29) is 12.3 Å². The molecule has 4 heteroatoms. The van der Waals surface area contributed by atoms with Gasteiger partial charge >= 0.3 is 11.9 Å². The summed E-state index contributed by atoms with van der Waals surface area (Å²) in [6.45, 7) is 2.91. The molecule has 68 valence electrons. The van der Waals surface area contributed by atoms with Gasteiger partial charge in [-0.3, -0.25) is 9.59 Å². The number of hydrogen-bond donors (Lipinski definition) is 0. The van der Waals surface area contributed by atoms with Gasteiger partial charge < -0.3 is 9.53 Å². The summed E-state index contributed by atoms with van der Waals surface area (Å²) in [6, 6.07) is 0. The van der Waals surface area contributed by atoms with E-state index >= 15 is 0 Å². The second-order valence-electron chi connectivity index (χ2n) is 2.68. The molecule has 4 nitrogen and oxygen atoms in total. The van der Waals surface area contributed by atoms with Crippen molar-refractivity contribution in [1.82, 2.24) is 0 Å². The number of ether oxygens (including phenoxy) is 1. The molecule has 0 heterocycles. The second-order valence-corrected chi connectivity index (χ2v) is 2.68. The van der Waals surface area contributed by atoms with E-state index in [1.807, 2.05) is 0 Å². The summed E-state index contributed by atoms with van der Waals surface area (Å²) >= 11 is 0. The van der Waals surface area contributed by atoms with Gasteiger partial charge in [0.1, 0.15) is 6.29 Å². The molecule has 0 aromatic carbocycles. The first-order chi connectivity index (χ1) is 5.56. The van der Waals surface area contributed by atoms with E-state index in [9.17, 15) is 14.4 Å². The highest BCUT2D eigenvalue weighted by Gasteiger charge is 2.11. The fraction of sp³-hybridized carbons (Fsp3) is 0.625. The minimum Gasteiger partial charge on any atom is -0.393 e. The van der Waals surface area contributed by atoms with Crippen LogP contribution in [0.5, 0.6) is 0 Å². The highest BCUT2D eigenvalue weighted by atomic mass is 16.6. The Morgan fingerprint density at radius 3 is 2.50 bits per heavy atom. The average Bonchev–Trinajstić information content (AvgIpc) is 1.84. The van der Waals surface area contributed by atoms with Gasteiger partial charge in [-0.1, -0.05) is 6.92 Å². The van der Waals surface area contributed by atoms with E-state index < -0.39 is 11.9 Å². The number of esters is 2. The molecule has 0 aliphatic heterocycles. The summed E-state index contributed by atoms with van der Waals surface area (Å²) in [5.74, 6) is -1.25. The lowest BCUT2D eigenvalue weighted by atomic mass is 10.1. The molecule has 0 aliphatic rings. The molecule has 0 fully saturated rings. The smallest absolute Gasteiger partial charge is 0.313 e. The van der Waals surface area contributed by atoms with E-state index in [4.69, 9.17) is 0 Å². The van der Waals surface area contributed by atoms with Gasteiger partial charge in [-0.05, 0) is 5.92 Å². The number of aldehydes is 1. The third-order valence-electron chi connectivity index (χ3n) is 1.27.